The van der Waals surface area contributed by atoms with E-state index in [-0.39, 0.29) is 6.04 Å². The van der Waals surface area contributed by atoms with Gasteiger partial charge in [0.15, 0.2) is 0 Å². The average molecular weight is 333 g/mol. The van der Waals surface area contributed by atoms with Crippen LogP contribution in [0.25, 0.3) is 0 Å². The smallest absolute Gasteiger partial charge is 0.0406 e. The Hall–Kier alpha value is -1.00. The van der Waals surface area contributed by atoms with E-state index >= 15 is 0 Å². The summed E-state index contributed by atoms with van der Waals surface area (Å²) in [6.07, 6.45) is 2.31. The summed E-state index contributed by atoms with van der Waals surface area (Å²) in [7, 11) is 0. The first-order chi connectivity index (χ1) is 10.7. The maximum absolute atomic E-state index is 6.59. The molecule has 0 aliphatic carbocycles. The lowest BCUT2D eigenvalue weighted by molar-refractivity contribution is 0.320. The number of piperidine rings is 1. The van der Waals surface area contributed by atoms with E-state index in [1.807, 2.05) is 12.1 Å². The van der Waals surface area contributed by atoms with Crippen LogP contribution in [0.4, 0.5) is 0 Å². The lowest BCUT2D eigenvalue weighted by Crippen LogP contribution is -2.34. The molecule has 0 unspecified atom stereocenters. The summed E-state index contributed by atoms with van der Waals surface area (Å²) in [5, 5.41) is 4.18. The highest BCUT2D eigenvalue weighted by Gasteiger charge is 2.23. The van der Waals surface area contributed by atoms with Gasteiger partial charge >= 0.3 is 0 Å². The van der Waals surface area contributed by atoms with Crippen LogP contribution >= 0.6 is 23.4 Å². The molecule has 22 heavy (non-hydrogen) atoms. The molecule has 2 aromatic carbocycles. The van der Waals surface area contributed by atoms with Crippen molar-refractivity contribution in [2.24, 2.45) is 11.7 Å². The van der Waals surface area contributed by atoms with Gasteiger partial charge in [0.05, 0.1) is 0 Å². The maximum atomic E-state index is 6.59. The van der Waals surface area contributed by atoms with E-state index in [1.165, 1.54) is 15.4 Å². The van der Waals surface area contributed by atoms with Crippen molar-refractivity contribution in [1.29, 1.82) is 0 Å². The standard InChI is InChI=1S/C18H21ClN2S/c19-14-5-7-15(8-6-14)22-17-4-2-1-3-16(17)18(20)13-9-11-21-12-10-13/h1-8,13,18,21H,9-12,20H2/t18-/m1/s1. The zero-order valence-corrected chi connectivity index (χ0v) is 14.0. The molecule has 1 saturated heterocycles. The number of nitrogens with one attached hydrogen (secondary N) is 1. The van der Waals surface area contributed by atoms with Crippen molar-refractivity contribution < 1.29 is 0 Å². The van der Waals surface area contributed by atoms with Gasteiger partial charge in [-0.05, 0) is 67.7 Å². The fraction of sp³-hybridized carbons (Fsp3) is 0.333. The highest BCUT2D eigenvalue weighted by atomic mass is 35.5. The van der Waals surface area contributed by atoms with Crippen molar-refractivity contribution in [1.82, 2.24) is 5.32 Å². The second kappa shape index (κ2) is 7.51. The molecular weight excluding hydrogens is 312 g/mol. The molecule has 2 aromatic rings. The molecule has 116 valence electrons. The summed E-state index contributed by atoms with van der Waals surface area (Å²) < 4.78 is 0. The second-order valence-corrected chi connectivity index (χ2v) is 7.26. The van der Waals surface area contributed by atoms with E-state index in [0.29, 0.717) is 5.92 Å². The number of halogens is 1. The molecule has 3 rings (SSSR count). The van der Waals surface area contributed by atoms with E-state index in [9.17, 15) is 0 Å². The molecule has 4 heteroatoms. The predicted molar refractivity (Wildman–Crippen MR) is 94.5 cm³/mol. The minimum atomic E-state index is 0.109. The van der Waals surface area contributed by atoms with Crippen LogP contribution in [0, 0.1) is 5.92 Å². The van der Waals surface area contributed by atoms with Gasteiger partial charge in [-0.25, -0.2) is 0 Å². The number of hydrogen-bond acceptors (Lipinski definition) is 3. The molecule has 1 fully saturated rings. The number of rotatable bonds is 4. The minimum absolute atomic E-state index is 0.109. The van der Waals surface area contributed by atoms with Gasteiger partial charge in [-0.1, -0.05) is 41.6 Å². The van der Waals surface area contributed by atoms with E-state index in [2.05, 4.69) is 41.7 Å². The van der Waals surface area contributed by atoms with Crippen LogP contribution in [0.5, 0.6) is 0 Å². The van der Waals surface area contributed by atoms with Crippen molar-refractivity contribution >= 4 is 23.4 Å². The molecule has 1 aliphatic heterocycles. The van der Waals surface area contributed by atoms with Crippen LogP contribution in [0.15, 0.2) is 58.3 Å². The zero-order valence-electron chi connectivity index (χ0n) is 12.5. The van der Waals surface area contributed by atoms with Gasteiger partial charge in [-0.15, -0.1) is 0 Å². The molecule has 3 N–H and O–H groups in total. The third kappa shape index (κ3) is 3.85. The Morgan fingerprint density at radius 2 is 1.73 bits per heavy atom. The highest BCUT2D eigenvalue weighted by Crippen LogP contribution is 2.36. The maximum Gasteiger partial charge on any atom is 0.0406 e. The number of benzene rings is 2. The Kier molecular flexibility index (Phi) is 5.42. The summed E-state index contributed by atoms with van der Waals surface area (Å²) in [6, 6.07) is 16.6. The van der Waals surface area contributed by atoms with Crippen molar-refractivity contribution in [3.05, 3.63) is 59.1 Å². The lowest BCUT2D eigenvalue weighted by Gasteiger charge is -2.29. The Bertz CT molecular complexity index is 609. The van der Waals surface area contributed by atoms with Gasteiger partial charge < -0.3 is 11.1 Å². The SMILES string of the molecule is N[C@@H](c1ccccc1Sc1ccc(Cl)cc1)C1CCNCC1. The molecule has 2 nitrogen and oxygen atoms in total. The first-order valence-corrected chi connectivity index (χ1v) is 8.92. The van der Waals surface area contributed by atoms with Crippen molar-refractivity contribution in [3.63, 3.8) is 0 Å². The molecule has 0 bridgehead atoms. The van der Waals surface area contributed by atoms with Crippen molar-refractivity contribution in [2.75, 3.05) is 13.1 Å². The van der Waals surface area contributed by atoms with Crippen LogP contribution in [0.1, 0.15) is 24.4 Å². The van der Waals surface area contributed by atoms with Gasteiger partial charge in [0.1, 0.15) is 0 Å². The van der Waals surface area contributed by atoms with Crippen LogP contribution in [-0.2, 0) is 0 Å². The predicted octanol–water partition coefficient (Wildman–Crippen LogP) is 4.49. The van der Waals surface area contributed by atoms with E-state index in [0.717, 1.165) is 31.0 Å². The topological polar surface area (TPSA) is 38.0 Å². The van der Waals surface area contributed by atoms with Crippen LogP contribution < -0.4 is 11.1 Å². The number of nitrogens with two attached hydrogens (primary N) is 1. The summed E-state index contributed by atoms with van der Waals surface area (Å²) in [6.45, 7) is 2.15. The second-order valence-electron chi connectivity index (χ2n) is 5.71. The Balaban J connectivity index is 1.81. The van der Waals surface area contributed by atoms with Gasteiger partial charge in [0, 0.05) is 20.9 Å². The first kappa shape index (κ1) is 15.9. The molecule has 0 saturated carbocycles. The summed E-state index contributed by atoms with van der Waals surface area (Å²) >= 11 is 7.72. The van der Waals surface area contributed by atoms with Crippen LogP contribution in [-0.4, -0.2) is 13.1 Å². The molecular formula is C18H21ClN2S. The van der Waals surface area contributed by atoms with E-state index in [1.54, 1.807) is 11.8 Å². The quantitative estimate of drug-likeness (QED) is 0.866. The molecule has 0 aromatic heterocycles. The molecule has 1 heterocycles. The van der Waals surface area contributed by atoms with Crippen LogP contribution in [0.2, 0.25) is 5.02 Å². The Morgan fingerprint density at radius 3 is 2.45 bits per heavy atom. The Morgan fingerprint density at radius 1 is 1.05 bits per heavy atom. The van der Waals surface area contributed by atoms with E-state index in [4.69, 9.17) is 17.3 Å². The first-order valence-electron chi connectivity index (χ1n) is 7.72. The summed E-state index contributed by atoms with van der Waals surface area (Å²) in [5.41, 5.74) is 7.84. The van der Waals surface area contributed by atoms with Gasteiger partial charge in [0.25, 0.3) is 0 Å². The van der Waals surface area contributed by atoms with E-state index < -0.39 is 0 Å². The zero-order chi connectivity index (χ0) is 15.4. The summed E-state index contributed by atoms with van der Waals surface area (Å²) in [4.78, 5) is 2.44. The fourth-order valence-electron chi connectivity index (χ4n) is 2.94. The molecule has 1 aliphatic rings. The molecule has 0 radical (unpaired) electrons. The molecule has 0 spiro atoms. The van der Waals surface area contributed by atoms with Gasteiger partial charge in [-0.3, -0.25) is 0 Å². The Labute approximate surface area is 141 Å². The summed E-state index contributed by atoms with van der Waals surface area (Å²) in [5.74, 6) is 0.563. The van der Waals surface area contributed by atoms with Crippen molar-refractivity contribution in [2.45, 2.75) is 28.7 Å². The monoisotopic (exact) mass is 332 g/mol. The van der Waals surface area contributed by atoms with Gasteiger partial charge in [0.2, 0.25) is 0 Å². The largest absolute Gasteiger partial charge is 0.324 e. The fourth-order valence-corrected chi connectivity index (χ4v) is 4.06. The lowest BCUT2D eigenvalue weighted by atomic mass is 9.86. The van der Waals surface area contributed by atoms with Gasteiger partial charge in [-0.2, -0.15) is 0 Å². The average Bonchev–Trinajstić information content (AvgIpc) is 2.58. The minimum Gasteiger partial charge on any atom is -0.324 e. The van der Waals surface area contributed by atoms with Crippen molar-refractivity contribution in [3.8, 4) is 0 Å². The highest BCUT2D eigenvalue weighted by molar-refractivity contribution is 7.99. The molecule has 0 amide bonds. The third-order valence-electron chi connectivity index (χ3n) is 4.21. The number of hydrogen-bond donors (Lipinski definition) is 2. The van der Waals surface area contributed by atoms with Crippen LogP contribution in [0.3, 0.4) is 0 Å². The third-order valence-corrected chi connectivity index (χ3v) is 5.56. The molecule has 1 atom stereocenters. The normalized spacial score (nSPS) is 17.4.